The van der Waals surface area contributed by atoms with E-state index in [0.717, 1.165) is 22.3 Å². The Morgan fingerprint density at radius 1 is 1.19 bits per heavy atom. The van der Waals surface area contributed by atoms with Gasteiger partial charge in [-0.2, -0.15) is 0 Å². The molecular weight excluding hydrogens is 467 g/mol. The van der Waals surface area contributed by atoms with Gasteiger partial charge in [0.25, 0.3) is 0 Å². The van der Waals surface area contributed by atoms with Crippen LogP contribution >= 0.6 is 65.8 Å². The Bertz CT molecular complexity index is 514. The average Bonchev–Trinajstić information content (AvgIpc) is 2.59. The largest absolute Gasteiger partial charge is 0.288 e. The van der Waals surface area contributed by atoms with Crippen molar-refractivity contribution in [3.8, 4) is 0 Å². The van der Waals surface area contributed by atoms with Crippen molar-refractivity contribution in [3.05, 3.63) is 52.6 Å². The second-order valence-corrected chi connectivity index (χ2v) is 7.54. The zero-order valence-corrected chi connectivity index (χ0v) is 14.0. The minimum atomic E-state index is 0.0628. The van der Waals surface area contributed by atoms with Gasteiger partial charge in [0, 0.05) is 13.6 Å². The van der Waals surface area contributed by atoms with Crippen LogP contribution in [-0.2, 0) is 0 Å². The van der Waals surface area contributed by atoms with Gasteiger partial charge in [-0.15, -0.1) is 11.3 Å². The van der Waals surface area contributed by atoms with E-state index in [9.17, 15) is 4.79 Å². The quantitative estimate of drug-likeness (QED) is 0.439. The molecule has 1 aromatic carbocycles. The van der Waals surface area contributed by atoms with Crippen LogP contribution in [0.5, 0.6) is 0 Å². The van der Waals surface area contributed by atoms with Gasteiger partial charge in [0.05, 0.1) is 8.66 Å². The fraction of sp³-hybridized carbons (Fsp3) is 0. The lowest BCUT2D eigenvalue weighted by molar-refractivity contribution is 0.104. The molecule has 0 saturated heterocycles. The predicted molar refractivity (Wildman–Crippen MR) is 82.3 cm³/mol. The molecule has 0 aliphatic rings. The first kappa shape index (κ1) is 12.7. The Morgan fingerprint density at radius 2 is 1.81 bits per heavy atom. The minimum Gasteiger partial charge on any atom is -0.288 e. The van der Waals surface area contributed by atoms with Crippen LogP contribution < -0.4 is 0 Å². The third-order valence-electron chi connectivity index (χ3n) is 1.98. The Balaban J connectivity index is 2.35. The van der Waals surface area contributed by atoms with Crippen LogP contribution in [0.1, 0.15) is 15.2 Å². The van der Waals surface area contributed by atoms with E-state index < -0.39 is 0 Å². The summed E-state index contributed by atoms with van der Waals surface area (Å²) in [5.74, 6) is 0.0628. The van der Waals surface area contributed by atoms with Crippen LogP contribution in [0, 0.1) is 3.57 Å². The van der Waals surface area contributed by atoms with E-state index in [1.54, 1.807) is 0 Å². The minimum absolute atomic E-state index is 0.0628. The Hall–Kier alpha value is 0.280. The van der Waals surface area contributed by atoms with E-state index in [2.05, 4.69) is 54.5 Å². The first-order valence-electron chi connectivity index (χ1n) is 4.33. The van der Waals surface area contributed by atoms with E-state index in [1.807, 2.05) is 30.3 Å². The summed E-state index contributed by atoms with van der Waals surface area (Å²) in [6.07, 6.45) is 0. The Morgan fingerprint density at radius 3 is 2.31 bits per heavy atom. The maximum Gasteiger partial charge on any atom is 0.203 e. The van der Waals surface area contributed by atoms with Crippen LogP contribution in [0.3, 0.4) is 0 Å². The lowest BCUT2D eigenvalue weighted by Gasteiger charge is -1.97. The number of hydrogen-bond donors (Lipinski definition) is 0. The standard InChI is InChI=1S/C11H5Br2IOS/c12-8-5-9(16-11(8)13)10(15)6-1-3-7(14)4-2-6/h1-5H. The van der Waals surface area contributed by atoms with Crippen molar-refractivity contribution in [1.29, 1.82) is 0 Å². The highest BCUT2D eigenvalue weighted by Gasteiger charge is 2.13. The molecule has 0 amide bonds. The zero-order chi connectivity index (χ0) is 11.7. The molecule has 16 heavy (non-hydrogen) atoms. The first-order valence-corrected chi connectivity index (χ1v) is 7.81. The number of thiophene rings is 1. The number of ketones is 1. The van der Waals surface area contributed by atoms with Crippen molar-refractivity contribution in [1.82, 2.24) is 0 Å². The summed E-state index contributed by atoms with van der Waals surface area (Å²) in [5.41, 5.74) is 0.724. The summed E-state index contributed by atoms with van der Waals surface area (Å²) in [6.45, 7) is 0. The van der Waals surface area contributed by atoms with Gasteiger partial charge in [0.2, 0.25) is 5.78 Å². The summed E-state index contributed by atoms with van der Waals surface area (Å²) >= 11 is 10.4. The molecule has 2 rings (SSSR count). The van der Waals surface area contributed by atoms with Crippen molar-refractivity contribution >= 4 is 71.6 Å². The summed E-state index contributed by atoms with van der Waals surface area (Å²) < 4.78 is 3.00. The van der Waals surface area contributed by atoms with E-state index in [0.29, 0.717) is 0 Å². The van der Waals surface area contributed by atoms with Gasteiger partial charge < -0.3 is 0 Å². The highest BCUT2D eigenvalue weighted by Crippen LogP contribution is 2.33. The predicted octanol–water partition coefficient (Wildman–Crippen LogP) is 5.11. The molecule has 5 heteroatoms. The molecule has 0 N–H and O–H groups in total. The smallest absolute Gasteiger partial charge is 0.203 e. The SMILES string of the molecule is O=C(c1ccc(I)cc1)c1cc(Br)c(Br)s1. The molecule has 1 heterocycles. The van der Waals surface area contributed by atoms with Crippen LogP contribution in [0.15, 0.2) is 38.6 Å². The number of rotatable bonds is 2. The van der Waals surface area contributed by atoms with Crippen LogP contribution in [-0.4, -0.2) is 5.78 Å². The molecule has 0 aliphatic carbocycles. The molecule has 0 radical (unpaired) electrons. The van der Waals surface area contributed by atoms with Crippen molar-refractivity contribution in [3.63, 3.8) is 0 Å². The highest BCUT2D eigenvalue weighted by atomic mass is 127. The van der Waals surface area contributed by atoms with Gasteiger partial charge in [-0.3, -0.25) is 4.79 Å². The van der Waals surface area contributed by atoms with Gasteiger partial charge in [-0.25, -0.2) is 0 Å². The number of carbonyl (C=O) groups is 1. The van der Waals surface area contributed by atoms with Gasteiger partial charge in [0.1, 0.15) is 0 Å². The van der Waals surface area contributed by atoms with E-state index >= 15 is 0 Å². The molecule has 1 aromatic heterocycles. The van der Waals surface area contributed by atoms with Crippen LogP contribution in [0.4, 0.5) is 0 Å². The van der Waals surface area contributed by atoms with Gasteiger partial charge >= 0.3 is 0 Å². The molecule has 0 saturated carbocycles. The van der Waals surface area contributed by atoms with Crippen molar-refractivity contribution < 1.29 is 4.79 Å². The summed E-state index contributed by atoms with van der Waals surface area (Å²) in [4.78, 5) is 12.8. The number of benzene rings is 1. The molecule has 0 bridgehead atoms. The normalized spacial score (nSPS) is 10.4. The van der Waals surface area contributed by atoms with E-state index in [4.69, 9.17) is 0 Å². The fourth-order valence-electron chi connectivity index (χ4n) is 1.20. The third kappa shape index (κ3) is 2.75. The monoisotopic (exact) mass is 470 g/mol. The van der Waals surface area contributed by atoms with E-state index in [-0.39, 0.29) is 5.78 Å². The average molecular weight is 472 g/mol. The summed E-state index contributed by atoms with van der Waals surface area (Å²) in [7, 11) is 0. The molecule has 2 aromatic rings. The summed E-state index contributed by atoms with van der Waals surface area (Å²) in [5, 5.41) is 0. The maximum atomic E-state index is 12.1. The molecule has 0 fully saturated rings. The van der Waals surface area contributed by atoms with Crippen LogP contribution in [0.25, 0.3) is 0 Å². The Labute approximate surface area is 128 Å². The van der Waals surface area contributed by atoms with Gasteiger partial charge in [-0.1, -0.05) is 0 Å². The zero-order valence-electron chi connectivity index (χ0n) is 7.84. The second-order valence-electron chi connectivity index (χ2n) is 3.07. The van der Waals surface area contributed by atoms with Gasteiger partial charge in [-0.05, 0) is 84.8 Å². The topological polar surface area (TPSA) is 17.1 Å². The van der Waals surface area contributed by atoms with Gasteiger partial charge in [0.15, 0.2) is 0 Å². The molecular formula is C11H5Br2IOS. The lowest BCUT2D eigenvalue weighted by atomic mass is 10.1. The Kier molecular flexibility index (Phi) is 4.21. The first-order chi connectivity index (χ1) is 7.58. The third-order valence-corrected chi connectivity index (χ3v) is 5.95. The van der Waals surface area contributed by atoms with Crippen molar-refractivity contribution in [2.75, 3.05) is 0 Å². The van der Waals surface area contributed by atoms with Crippen molar-refractivity contribution in [2.24, 2.45) is 0 Å². The molecule has 0 atom stereocenters. The summed E-state index contributed by atoms with van der Waals surface area (Å²) in [6, 6.07) is 9.42. The molecule has 82 valence electrons. The second kappa shape index (κ2) is 5.29. The number of halogens is 3. The highest BCUT2D eigenvalue weighted by molar-refractivity contribution is 14.1. The van der Waals surface area contributed by atoms with Crippen molar-refractivity contribution in [2.45, 2.75) is 0 Å². The molecule has 1 nitrogen and oxygen atoms in total. The molecule has 0 aliphatic heterocycles. The lowest BCUT2D eigenvalue weighted by Crippen LogP contribution is -1.97. The molecule has 0 spiro atoms. The fourth-order valence-corrected chi connectivity index (χ4v) is 3.56. The maximum absolute atomic E-state index is 12.1. The molecule has 0 unspecified atom stereocenters. The number of hydrogen-bond acceptors (Lipinski definition) is 2. The number of carbonyl (C=O) groups excluding carboxylic acids is 1. The van der Waals surface area contributed by atoms with Crippen LogP contribution in [0.2, 0.25) is 0 Å². The van der Waals surface area contributed by atoms with E-state index in [1.165, 1.54) is 11.3 Å².